The summed E-state index contributed by atoms with van der Waals surface area (Å²) in [5.41, 5.74) is 2.79. The van der Waals surface area contributed by atoms with Crippen LogP contribution in [-0.4, -0.2) is 51.9 Å². The third-order valence-corrected chi connectivity index (χ3v) is 5.88. The number of rotatable bonds is 9. The van der Waals surface area contributed by atoms with E-state index in [2.05, 4.69) is 0 Å². The van der Waals surface area contributed by atoms with Gasteiger partial charge in [-0.15, -0.1) is 0 Å². The maximum Gasteiger partial charge on any atom is 0.116 e. The Morgan fingerprint density at radius 2 is 0.727 bits per heavy atom. The van der Waals surface area contributed by atoms with E-state index < -0.39 is 36.6 Å². The Morgan fingerprint density at radius 1 is 0.424 bits per heavy atom. The number of aliphatic hydroxyl groups excluding tert-OH is 3. The molecule has 6 nitrogen and oxygen atoms in total. The number of aliphatic hydroxyl groups is 3. The number of hydrogen-bond acceptors (Lipinski definition) is 6. The van der Waals surface area contributed by atoms with Crippen molar-refractivity contribution in [3.8, 4) is 0 Å². The monoisotopic (exact) mass is 450 g/mol. The van der Waals surface area contributed by atoms with Gasteiger partial charge in [-0.25, -0.2) is 0 Å². The Bertz CT molecular complexity index is 895. The fourth-order valence-corrected chi connectivity index (χ4v) is 4.04. The minimum atomic E-state index is -1.43. The topological polar surface area (TPSA) is 88.4 Å². The van der Waals surface area contributed by atoms with Crippen LogP contribution in [0.2, 0.25) is 0 Å². The zero-order chi connectivity index (χ0) is 23.0. The van der Waals surface area contributed by atoms with Gasteiger partial charge in [0.25, 0.3) is 0 Å². The minimum Gasteiger partial charge on any atom is -0.387 e. The SMILES string of the molecule is OC1[C@H](O)[C@@H](OCc2ccccc2)C(OCc2ccccc2)[C@H](OCc2ccccc2)[C@H]1O. The summed E-state index contributed by atoms with van der Waals surface area (Å²) >= 11 is 0. The summed E-state index contributed by atoms with van der Waals surface area (Å²) < 4.78 is 18.3. The number of hydrogen-bond donors (Lipinski definition) is 3. The molecule has 0 amide bonds. The number of ether oxygens (including phenoxy) is 3. The minimum absolute atomic E-state index is 0.224. The molecule has 0 aromatic heterocycles. The maximum absolute atomic E-state index is 10.8. The molecule has 6 heteroatoms. The van der Waals surface area contributed by atoms with Crippen molar-refractivity contribution in [2.75, 3.05) is 0 Å². The fraction of sp³-hybridized carbons (Fsp3) is 0.333. The van der Waals surface area contributed by atoms with Crippen LogP contribution in [0.3, 0.4) is 0 Å². The van der Waals surface area contributed by atoms with Crippen molar-refractivity contribution in [1.82, 2.24) is 0 Å². The second-order valence-electron chi connectivity index (χ2n) is 8.26. The van der Waals surface area contributed by atoms with Crippen LogP contribution in [0.5, 0.6) is 0 Å². The van der Waals surface area contributed by atoms with E-state index in [-0.39, 0.29) is 19.8 Å². The molecule has 1 fully saturated rings. The average Bonchev–Trinajstić information content (AvgIpc) is 2.87. The third kappa shape index (κ3) is 6.06. The highest BCUT2D eigenvalue weighted by Crippen LogP contribution is 2.30. The average molecular weight is 451 g/mol. The van der Waals surface area contributed by atoms with Gasteiger partial charge >= 0.3 is 0 Å². The molecule has 0 heterocycles. The fourth-order valence-electron chi connectivity index (χ4n) is 4.04. The lowest BCUT2D eigenvalue weighted by Gasteiger charge is -2.45. The van der Waals surface area contributed by atoms with Gasteiger partial charge in [0, 0.05) is 0 Å². The van der Waals surface area contributed by atoms with Crippen LogP contribution < -0.4 is 0 Å². The zero-order valence-electron chi connectivity index (χ0n) is 18.3. The second-order valence-corrected chi connectivity index (χ2v) is 8.26. The Morgan fingerprint density at radius 3 is 1.06 bits per heavy atom. The van der Waals surface area contributed by atoms with E-state index in [1.807, 2.05) is 91.0 Å². The van der Waals surface area contributed by atoms with Crippen molar-refractivity contribution in [2.45, 2.75) is 56.4 Å². The van der Waals surface area contributed by atoms with Gasteiger partial charge in [-0.05, 0) is 16.7 Å². The molecule has 33 heavy (non-hydrogen) atoms. The highest BCUT2D eigenvalue weighted by atomic mass is 16.6. The summed E-state index contributed by atoms with van der Waals surface area (Å²) in [6.45, 7) is 0.696. The zero-order valence-corrected chi connectivity index (χ0v) is 18.3. The molecule has 3 aromatic rings. The summed E-state index contributed by atoms with van der Waals surface area (Å²) in [6.07, 6.45) is -6.68. The first-order chi connectivity index (χ1) is 16.1. The molecule has 4 rings (SSSR count). The third-order valence-electron chi connectivity index (χ3n) is 5.88. The van der Waals surface area contributed by atoms with Gasteiger partial charge in [0.2, 0.25) is 0 Å². The van der Waals surface area contributed by atoms with E-state index in [1.165, 1.54) is 0 Å². The molecule has 0 bridgehead atoms. The van der Waals surface area contributed by atoms with Gasteiger partial charge < -0.3 is 29.5 Å². The number of benzene rings is 3. The quantitative estimate of drug-likeness (QED) is 0.465. The summed E-state index contributed by atoms with van der Waals surface area (Å²) in [7, 11) is 0. The van der Waals surface area contributed by atoms with Crippen LogP contribution in [0.25, 0.3) is 0 Å². The van der Waals surface area contributed by atoms with Gasteiger partial charge in [0.05, 0.1) is 19.8 Å². The van der Waals surface area contributed by atoms with E-state index in [0.29, 0.717) is 0 Å². The Balaban J connectivity index is 1.54. The normalized spacial score (nSPS) is 27.4. The van der Waals surface area contributed by atoms with Gasteiger partial charge in [-0.2, -0.15) is 0 Å². The first kappa shape index (κ1) is 23.6. The molecule has 0 spiro atoms. The molecule has 1 aliphatic rings. The molecule has 0 saturated heterocycles. The van der Waals surface area contributed by atoms with Crippen LogP contribution in [0, 0.1) is 0 Å². The Kier molecular flexibility index (Phi) is 8.23. The van der Waals surface area contributed by atoms with Crippen molar-refractivity contribution in [3.05, 3.63) is 108 Å². The molecule has 0 unspecified atom stereocenters. The van der Waals surface area contributed by atoms with E-state index in [1.54, 1.807) is 0 Å². The molecular formula is C27H30O6. The lowest BCUT2D eigenvalue weighted by atomic mass is 9.84. The Hall–Kier alpha value is -2.58. The van der Waals surface area contributed by atoms with Gasteiger partial charge in [0.15, 0.2) is 0 Å². The molecule has 0 aliphatic heterocycles. The van der Waals surface area contributed by atoms with Crippen LogP contribution in [0.15, 0.2) is 91.0 Å². The van der Waals surface area contributed by atoms with E-state index >= 15 is 0 Å². The Labute approximate surface area is 194 Å². The van der Waals surface area contributed by atoms with Gasteiger partial charge in [-0.3, -0.25) is 0 Å². The predicted octanol–water partition coefficient (Wildman–Crippen LogP) is 2.84. The lowest BCUT2D eigenvalue weighted by Crippen LogP contribution is -2.65. The van der Waals surface area contributed by atoms with Crippen LogP contribution in [0.4, 0.5) is 0 Å². The highest BCUT2D eigenvalue weighted by molar-refractivity contribution is 5.16. The van der Waals surface area contributed by atoms with Crippen molar-refractivity contribution in [2.24, 2.45) is 0 Å². The van der Waals surface area contributed by atoms with E-state index in [4.69, 9.17) is 14.2 Å². The summed E-state index contributed by atoms with van der Waals surface area (Å²) in [6, 6.07) is 28.8. The summed E-state index contributed by atoms with van der Waals surface area (Å²) in [5.74, 6) is 0. The summed E-state index contributed by atoms with van der Waals surface area (Å²) in [5, 5.41) is 32.1. The van der Waals surface area contributed by atoms with Gasteiger partial charge in [0.1, 0.15) is 36.6 Å². The largest absolute Gasteiger partial charge is 0.387 e. The first-order valence-electron chi connectivity index (χ1n) is 11.1. The van der Waals surface area contributed by atoms with Crippen LogP contribution in [-0.2, 0) is 34.0 Å². The van der Waals surface area contributed by atoms with Crippen LogP contribution >= 0.6 is 0 Å². The molecule has 3 aromatic carbocycles. The molecule has 1 aliphatic carbocycles. The maximum atomic E-state index is 10.8. The molecule has 1 saturated carbocycles. The first-order valence-corrected chi connectivity index (χ1v) is 11.1. The van der Waals surface area contributed by atoms with Crippen molar-refractivity contribution >= 4 is 0 Å². The van der Waals surface area contributed by atoms with Crippen molar-refractivity contribution < 1.29 is 29.5 Å². The highest BCUT2D eigenvalue weighted by Gasteiger charge is 2.51. The van der Waals surface area contributed by atoms with Crippen molar-refractivity contribution in [1.29, 1.82) is 0 Å². The van der Waals surface area contributed by atoms with Gasteiger partial charge in [-0.1, -0.05) is 91.0 Å². The molecule has 3 N–H and O–H groups in total. The molecule has 0 radical (unpaired) electrons. The second kappa shape index (κ2) is 11.5. The van der Waals surface area contributed by atoms with E-state index in [9.17, 15) is 15.3 Å². The smallest absolute Gasteiger partial charge is 0.116 e. The van der Waals surface area contributed by atoms with Crippen molar-refractivity contribution in [3.63, 3.8) is 0 Å². The van der Waals surface area contributed by atoms with E-state index in [0.717, 1.165) is 16.7 Å². The predicted molar refractivity (Wildman–Crippen MR) is 123 cm³/mol. The molecular weight excluding hydrogens is 420 g/mol. The summed E-state index contributed by atoms with van der Waals surface area (Å²) in [4.78, 5) is 0. The molecule has 174 valence electrons. The van der Waals surface area contributed by atoms with Crippen LogP contribution in [0.1, 0.15) is 16.7 Å². The standard InChI is InChI=1S/C27H30O6/c28-22-23(29)25(31-16-19-10-4-1-5-11-19)27(33-18-21-14-8-3-9-15-21)26(24(22)30)32-17-20-12-6-2-7-13-20/h1-15,22-30H,16-18H2/t22?,23-,24-,25+,26+,27?/m0/s1. The molecule has 4 atom stereocenters. The lowest BCUT2D eigenvalue weighted by molar-refractivity contribution is -0.263.